The van der Waals surface area contributed by atoms with Crippen LogP contribution in [-0.4, -0.2) is 42.6 Å². The average Bonchev–Trinajstić information content (AvgIpc) is 3.36. The van der Waals surface area contributed by atoms with E-state index in [4.69, 9.17) is 27.6 Å². The third-order valence-corrected chi connectivity index (χ3v) is 6.48. The van der Waals surface area contributed by atoms with Gasteiger partial charge in [0.15, 0.2) is 5.58 Å². The first-order valence-electron chi connectivity index (χ1n) is 9.58. The number of hydrogen-bond donors (Lipinski definition) is 1. The van der Waals surface area contributed by atoms with Crippen molar-refractivity contribution in [2.45, 2.75) is 6.42 Å². The van der Waals surface area contributed by atoms with E-state index < -0.39 is 0 Å². The molecule has 1 aliphatic rings. The lowest BCUT2D eigenvalue weighted by molar-refractivity contribution is 0.261. The molecule has 2 aromatic heterocycles. The Kier molecular flexibility index (Phi) is 4.71. The lowest BCUT2D eigenvalue weighted by atomic mass is 10.1. The van der Waals surface area contributed by atoms with Crippen molar-refractivity contribution in [3.8, 4) is 0 Å². The fourth-order valence-electron chi connectivity index (χ4n) is 4.12. The van der Waals surface area contributed by atoms with Gasteiger partial charge in [0.05, 0.1) is 11.3 Å². The topological polar surface area (TPSA) is 35.4 Å². The number of H-pyrrole nitrogens is 1. The normalized spacial score (nSPS) is 15.7. The van der Waals surface area contributed by atoms with Crippen LogP contribution in [0.15, 0.2) is 53.3 Å². The lowest BCUT2D eigenvalue weighted by Crippen LogP contribution is -2.47. The van der Waals surface area contributed by atoms with Crippen LogP contribution in [0, 0.1) is 0 Å². The van der Waals surface area contributed by atoms with Crippen molar-refractivity contribution in [3.63, 3.8) is 0 Å². The van der Waals surface area contributed by atoms with Crippen LogP contribution < -0.4 is 4.90 Å². The number of hydrogen-bond acceptors (Lipinski definition) is 3. The first kappa shape index (κ1) is 17.9. The largest absolute Gasteiger partial charge is 0.462 e. The monoisotopic (exact) mass is 413 g/mol. The summed E-state index contributed by atoms with van der Waals surface area (Å²) < 4.78 is 5.66. The van der Waals surface area contributed by atoms with Crippen molar-refractivity contribution in [3.05, 3.63) is 64.5 Å². The number of aromatic nitrogens is 1. The lowest BCUT2D eigenvalue weighted by Gasteiger charge is -2.36. The minimum absolute atomic E-state index is 0.498. The molecule has 0 aliphatic carbocycles. The van der Waals surface area contributed by atoms with Crippen LogP contribution in [0.1, 0.15) is 5.56 Å². The summed E-state index contributed by atoms with van der Waals surface area (Å²) in [6, 6.07) is 12.5. The quantitative estimate of drug-likeness (QED) is 0.473. The van der Waals surface area contributed by atoms with Gasteiger partial charge in [0, 0.05) is 60.9 Å². The van der Waals surface area contributed by atoms with Crippen molar-refractivity contribution in [2.24, 2.45) is 0 Å². The highest BCUT2D eigenvalue weighted by molar-refractivity contribution is 6.44. The van der Waals surface area contributed by atoms with Gasteiger partial charge in [-0.3, -0.25) is 4.90 Å². The Bertz CT molecular complexity index is 1130. The Hall–Kier alpha value is -2.14. The van der Waals surface area contributed by atoms with E-state index >= 15 is 0 Å². The minimum Gasteiger partial charge on any atom is -0.462 e. The summed E-state index contributed by atoms with van der Waals surface area (Å²) in [7, 11) is 0. The molecule has 0 saturated carbocycles. The van der Waals surface area contributed by atoms with E-state index in [1.54, 1.807) is 0 Å². The molecule has 0 spiro atoms. The summed E-state index contributed by atoms with van der Waals surface area (Å²) in [5.41, 5.74) is 4.40. The van der Waals surface area contributed by atoms with Gasteiger partial charge in [0.2, 0.25) is 0 Å². The zero-order chi connectivity index (χ0) is 19.1. The standard InChI is InChI=1S/C22H21Cl2N3O/c23-18-5-4-16-15(14-28-22(16)21(18)24)7-9-26-10-12-27(13-11-26)20-3-1-2-19-17(20)6-8-25-19/h1-6,8,14,25H,7,9-13H2. The highest BCUT2D eigenvalue weighted by Crippen LogP contribution is 2.34. The molecular formula is C22H21Cl2N3O. The van der Waals surface area contributed by atoms with Gasteiger partial charge in [0.1, 0.15) is 5.02 Å². The molecule has 1 saturated heterocycles. The molecule has 144 valence electrons. The highest BCUT2D eigenvalue weighted by atomic mass is 35.5. The Balaban J connectivity index is 1.24. The third kappa shape index (κ3) is 3.16. The van der Waals surface area contributed by atoms with Gasteiger partial charge in [-0.15, -0.1) is 0 Å². The smallest absolute Gasteiger partial charge is 0.154 e. The maximum Gasteiger partial charge on any atom is 0.154 e. The van der Waals surface area contributed by atoms with Crippen LogP contribution in [0.2, 0.25) is 10.0 Å². The first-order valence-corrected chi connectivity index (χ1v) is 10.3. The summed E-state index contributed by atoms with van der Waals surface area (Å²) in [6.45, 7) is 5.21. The van der Waals surface area contributed by atoms with Gasteiger partial charge in [-0.2, -0.15) is 0 Å². The number of nitrogens with zero attached hydrogens (tertiary/aromatic N) is 2. The molecule has 6 heteroatoms. The number of fused-ring (bicyclic) bond motifs is 2. The molecule has 1 N–H and O–H groups in total. The van der Waals surface area contributed by atoms with E-state index in [0.717, 1.165) is 44.5 Å². The number of halogens is 2. The van der Waals surface area contributed by atoms with Gasteiger partial charge in [0.25, 0.3) is 0 Å². The van der Waals surface area contributed by atoms with Crippen LogP contribution in [-0.2, 0) is 6.42 Å². The first-order chi connectivity index (χ1) is 13.7. The van der Waals surface area contributed by atoms with Crippen LogP contribution in [0.5, 0.6) is 0 Å². The second kappa shape index (κ2) is 7.36. The predicted octanol–water partition coefficient (Wildman–Crippen LogP) is 5.59. The second-order valence-corrected chi connectivity index (χ2v) is 8.08. The molecule has 4 aromatic rings. The maximum atomic E-state index is 6.25. The number of furan rings is 1. The van der Waals surface area contributed by atoms with Crippen molar-refractivity contribution in [1.82, 2.24) is 9.88 Å². The predicted molar refractivity (Wildman–Crippen MR) is 117 cm³/mol. The SMILES string of the molecule is Clc1ccc2c(CCN3CCN(c4cccc5[nH]ccc45)CC3)coc2c1Cl. The molecule has 1 fully saturated rings. The van der Waals surface area contributed by atoms with Crippen molar-refractivity contribution in [2.75, 3.05) is 37.6 Å². The van der Waals surface area contributed by atoms with E-state index in [1.807, 2.05) is 24.6 Å². The fourth-order valence-corrected chi connectivity index (χ4v) is 4.48. The van der Waals surface area contributed by atoms with Crippen LogP contribution in [0.3, 0.4) is 0 Å². The molecule has 4 nitrogen and oxygen atoms in total. The Morgan fingerprint density at radius 3 is 2.68 bits per heavy atom. The summed E-state index contributed by atoms with van der Waals surface area (Å²) in [5.74, 6) is 0. The number of nitrogens with one attached hydrogen (secondary N) is 1. The molecule has 0 bridgehead atoms. The van der Waals surface area contributed by atoms with E-state index in [2.05, 4.69) is 39.0 Å². The zero-order valence-corrected chi connectivity index (χ0v) is 16.9. The summed E-state index contributed by atoms with van der Waals surface area (Å²) in [4.78, 5) is 8.31. The van der Waals surface area contributed by atoms with Gasteiger partial charge < -0.3 is 14.3 Å². The zero-order valence-electron chi connectivity index (χ0n) is 15.4. The second-order valence-electron chi connectivity index (χ2n) is 7.29. The molecule has 28 heavy (non-hydrogen) atoms. The molecule has 0 amide bonds. The summed E-state index contributed by atoms with van der Waals surface area (Å²) in [6.07, 6.45) is 4.77. The van der Waals surface area contributed by atoms with E-state index in [9.17, 15) is 0 Å². The van der Waals surface area contributed by atoms with Crippen molar-refractivity contribution < 1.29 is 4.42 Å². The summed E-state index contributed by atoms with van der Waals surface area (Å²) in [5, 5.41) is 3.39. The average molecular weight is 414 g/mol. The van der Waals surface area contributed by atoms with Gasteiger partial charge in [-0.25, -0.2) is 0 Å². The minimum atomic E-state index is 0.498. The van der Waals surface area contributed by atoms with Crippen LogP contribution in [0.25, 0.3) is 21.9 Å². The molecule has 5 rings (SSSR count). The maximum absolute atomic E-state index is 6.25. The number of benzene rings is 2. The van der Waals surface area contributed by atoms with E-state index in [-0.39, 0.29) is 0 Å². The molecular weight excluding hydrogens is 393 g/mol. The number of aromatic amines is 1. The van der Waals surface area contributed by atoms with Crippen molar-refractivity contribution in [1.29, 1.82) is 0 Å². The van der Waals surface area contributed by atoms with Gasteiger partial charge >= 0.3 is 0 Å². The van der Waals surface area contributed by atoms with Crippen LogP contribution >= 0.6 is 23.2 Å². The van der Waals surface area contributed by atoms with Crippen molar-refractivity contribution >= 4 is 50.8 Å². The van der Waals surface area contributed by atoms with Crippen LogP contribution in [0.4, 0.5) is 5.69 Å². The highest BCUT2D eigenvalue weighted by Gasteiger charge is 2.19. The number of piperazine rings is 1. The molecule has 0 atom stereocenters. The van der Waals surface area contributed by atoms with Gasteiger partial charge in [-0.1, -0.05) is 29.3 Å². The Morgan fingerprint density at radius 2 is 1.82 bits per heavy atom. The molecule has 0 radical (unpaired) electrons. The van der Waals surface area contributed by atoms with Gasteiger partial charge in [-0.05, 0) is 42.3 Å². The number of anilines is 1. The third-order valence-electron chi connectivity index (χ3n) is 5.70. The molecule has 2 aromatic carbocycles. The molecule has 1 aliphatic heterocycles. The fraction of sp³-hybridized carbons (Fsp3) is 0.273. The Morgan fingerprint density at radius 1 is 0.964 bits per heavy atom. The Labute approximate surface area is 173 Å². The molecule has 0 unspecified atom stereocenters. The summed E-state index contributed by atoms with van der Waals surface area (Å²) >= 11 is 12.3. The van der Waals surface area contributed by atoms with E-state index in [0.29, 0.717) is 15.6 Å². The van der Waals surface area contributed by atoms with E-state index in [1.165, 1.54) is 22.2 Å². The molecule has 3 heterocycles. The number of rotatable bonds is 4.